The number of carboxylic acids is 2. The second-order valence-electron chi connectivity index (χ2n) is 7.39. The Morgan fingerprint density at radius 1 is 0.941 bits per heavy atom. The molecule has 3 N–H and O–H groups in total. The van der Waals surface area contributed by atoms with Crippen LogP contribution in [0.5, 0.6) is 0 Å². The number of carbonyl (C=O) groups is 3. The van der Waals surface area contributed by atoms with Crippen LogP contribution in [0.3, 0.4) is 0 Å². The Bertz CT molecular complexity index is 1470. The lowest BCUT2D eigenvalue weighted by Crippen LogP contribution is -2.34. The highest BCUT2D eigenvalue weighted by Crippen LogP contribution is 2.38. The van der Waals surface area contributed by atoms with Crippen molar-refractivity contribution in [2.75, 3.05) is 5.32 Å². The van der Waals surface area contributed by atoms with Crippen molar-refractivity contribution in [2.24, 2.45) is 4.99 Å². The van der Waals surface area contributed by atoms with E-state index < -0.39 is 17.5 Å². The summed E-state index contributed by atoms with van der Waals surface area (Å²) >= 11 is 12.4. The van der Waals surface area contributed by atoms with E-state index in [0.29, 0.717) is 11.3 Å². The molecule has 1 amide bonds. The van der Waals surface area contributed by atoms with Crippen molar-refractivity contribution >= 4 is 52.3 Å². The number of benzene rings is 3. The number of nitrogens with zero attached hydrogens (tertiary/aromatic N) is 1. The molecule has 1 atom stereocenters. The SMILES string of the molecule is O=C(O)C=CC1=c2c(Cl)cc(Cl)cc2=NC1(C(=O)O)c1ccc(NC(=O)c2ccccc2)cc1. The third kappa shape index (κ3) is 4.19. The van der Waals surface area contributed by atoms with Gasteiger partial charge < -0.3 is 15.5 Å². The average Bonchev–Trinajstić information content (AvgIpc) is 3.14. The molecule has 170 valence electrons. The molecule has 3 aromatic carbocycles. The summed E-state index contributed by atoms with van der Waals surface area (Å²) < 4.78 is 0. The number of rotatable bonds is 6. The summed E-state index contributed by atoms with van der Waals surface area (Å²) in [7, 11) is 0. The van der Waals surface area contributed by atoms with Gasteiger partial charge in [0, 0.05) is 33.1 Å². The predicted octanol–water partition coefficient (Wildman–Crippen LogP) is 3.65. The third-order valence-electron chi connectivity index (χ3n) is 5.28. The summed E-state index contributed by atoms with van der Waals surface area (Å²) in [5.41, 5.74) is -0.732. The van der Waals surface area contributed by atoms with Gasteiger partial charge in [0.05, 0.1) is 10.4 Å². The number of carbonyl (C=O) groups excluding carboxylic acids is 1. The maximum atomic E-state index is 12.6. The lowest BCUT2D eigenvalue weighted by molar-refractivity contribution is -0.141. The number of amides is 1. The largest absolute Gasteiger partial charge is 0.479 e. The minimum absolute atomic E-state index is 0.0835. The first-order valence-corrected chi connectivity index (χ1v) is 10.7. The van der Waals surface area contributed by atoms with Crippen LogP contribution in [0, 0.1) is 0 Å². The topological polar surface area (TPSA) is 116 Å². The summed E-state index contributed by atoms with van der Waals surface area (Å²) in [5, 5.41) is 23.1. The van der Waals surface area contributed by atoms with Crippen LogP contribution in [0.25, 0.3) is 5.57 Å². The monoisotopic (exact) mass is 494 g/mol. The fourth-order valence-corrected chi connectivity index (χ4v) is 4.37. The van der Waals surface area contributed by atoms with Crippen molar-refractivity contribution in [1.29, 1.82) is 0 Å². The average molecular weight is 495 g/mol. The first-order chi connectivity index (χ1) is 16.2. The van der Waals surface area contributed by atoms with Gasteiger partial charge in [-0.25, -0.2) is 9.59 Å². The molecule has 0 saturated heterocycles. The van der Waals surface area contributed by atoms with E-state index in [1.165, 1.54) is 30.3 Å². The molecule has 0 bridgehead atoms. The van der Waals surface area contributed by atoms with Gasteiger partial charge in [-0.2, -0.15) is 0 Å². The van der Waals surface area contributed by atoms with Crippen LogP contribution in [-0.4, -0.2) is 28.1 Å². The zero-order valence-corrected chi connectivity index (χ0v) is 18.8. The summed E-state index contributed by atoms with van der Waals surface area (Å²) in [6, 6.07) is 17.6. The first kappa shape index (κ1) is 23.2. The Hall–Kier alpha value is -3.94. The molecule has 0 spiro atoms. The molecular formula is C25H16Cl2N2O5. The van der Waals surface area contributed by atoms with E-state index in [1.54, 1.807) is 42.5 Å². The molecule has 0 aliphatic carbocycles. The number of aliphatic carboxylic acids is 2. The van der Waals surface area contributed by atoms with E-state index in [9.17, 15) is 19.5 Å². The maximum Gasteiger partial charge on any atom is 0.341 e. The van der Waals surface area contributed by atoms with Crippen molar-refractivity contribution in [2.45, 2.75) is 5.54 Å². The van der Waals surface area contributed by atoms with Gasteiger partial charge >= 0.3 is 11.9 Å². The molecule has 9 heteroatoms. The zero-order valence-electron chi connectivity index (χ0n) is 17.3. The van der Waals surface area contributed by atoms with Crippen LogP contribution in [0.15, 0.2) is 83.9 Å². The number of nitrogens with one attached hydrogen (secondary N) is 1. The Labute approximate surface area is 203 Å². The molecule has 34 heavy (non-hydrogen) atoms. The molecule has 1 heterocycles. The van der Waals surface area contributed by atoms with Crippen molar-refractivity contribution in [3.8, 4) is 0 Å². The zero-order chi connectivity index (χ0) is 24.5. The highest BCUT2D eigenvalue weighted by atomic mass is 35.5. The van der Waals surface area contributed by atoms with Gasteiger partial charge in [-0.15, -0.1) is 0 Å². The van der Waals surface area contributed by atoms with Gasteiger partial charge in [0.25, 0.3) is 5.91 Å². The van der Waals surface area contributed by atoms with Crippen molar-refractivity contribution < 1.29 is 24.6 Å². The number of carboxylic acid groups (broad SMARTS) is 2. The van der Waals surface area contributed by atoms with E-state index >= 15 is 0 Å². The van der Waals surface area contributed by atoms with Crippen molar-refractivity contribution in [3.05, 3.63) is 111 Å². The second-order valence-corrected chi connectivity index (χ2v) is 8.24. The van der Waals surface area contributed by atoms with Crippen LogP contribution in [0.4, 0.5) is 5.69 Å². The Balaban J connectivity index is 1.82. The third-order valence-corrected chi connectivity index (χ3v) is 5.80. The molecule has 1 aliphatic heterocycles. The lowest BCUT2D eigenvalue weighted by atomic mass is 9.83. The highest BCUT2D eigenvalue weighted by Gasteiger charge is 2.46. The molecule has 0 saturated carbocycles. The van der Waals surface area contributed by atoms with Crippen molar-refractivity contribution in [3.63, 3.8) is 0 Å². The minimum Gasteiger partial charge on any atom is -0.479 e. The quantitative estimate of drug-likeness (QED) is 0.452. The van der Waals surface area contributed by atoms with E-state index in [4.69, 9.17) is 28.3 Å². The summed E-state index contributed by atoms with van der Waals surface area (Å²) in [6.07, 6.45) is 2.01. The Kier molecular flexibility index (Phi) is 6.24. The van der Waals surface area contributed by atoms with Gasteiger partial charge in [-0.3, -0.25) is 9.79 Å². The standard InChI is InChI=1S/C25H16Cl2N2O5/c26-16-12-19(27)22-18(10-11-21(30)31)25(24(33)34,29-20(22)13-16)15-6-8-17(9-7-15)28-23(32)14-4-2-1-3-5-14/h1-13H,(H,28,32)(H,30,31)(H,33,34). The minimum atomic E-state index is -1.97. The molecular weight excluding hydrogens is 479 g/mol. The predicted molar refractivity (Wildman–Crippen MR) is 128 cm³/mol. The van der Waals surface area contributed by atoms with Crippen LogP contribution in [-0.2, 0) is 15.1 Å². The number of hydrogen-bond acceptors (Lipinski definition) is 4. The van der Waals surface area contributed by atoms with E-state index in [0.717, 1.165) is 6.08 Å². The number of hydrogen-bond donors (Lipinski definition) is 3. The van der Waals surface area contributed by atoms with E-state index in [1.807, 2.05) is 0 Å². The molecule has 0 fully saturated rings. The van der Waals surface area contributed by atoms with Crippen LogP contribution in [0.2, 0.25) is 10.0 Å². The summed E-state index contributed by atoms with van der Waals surface area (Å²) in [6.45, 7) is 0. The number of halogens is 2. The van der Waals surface area contributed by atoms with Crippen LogP contribution >= 0.6 is 23.2 Å². The number of anilines is 1. The van der Waals surface area contributed by atoms with Crippen LogP contribution < -0.4 is 15.9 Å². The van der Waals surface area contributed by atoms with Gasteiger partial charge in [-0.1, -0.05) is 53.5 Å². The fraction of sp³-hybridized carbons (Fsp3) is 0.0400. The molecule has 3 aromatic rings. The second kappa shape index (κ2) is 9.13. The van der Waals surface area contributed by atoms with Gasteiger partial charge in [-0.05, 0) is 48.0 Å². The molecule has 0 aromatic heterocycles. The smallest absolute Gasteiger partial charge is 0.341 e. The normalized spacial score (nSPS) is 16.7. The van der Waals surface area contributed by atoms with E-state index in [2.05, 4.69) is 10.3 Å². The maximum absolute atomic E-state index is 12.6. The highest BCUT2D eigenvalue weighted by molar-refractivity contribution is 6.34. The molecule has 7 nitrogen and oxygen atoms in total. The van der Waals surface area contributed by atoms with E-state index in [-0.39, 0.29) is 37.7 Å². The van der Waals surface area contributed by atoms with Crippen molar-refractivity contribution in [1.82, 2.24) is 0 Å². The van der Waals surface area contributed by atoms with Gasteiger partial charge in [0.15, 0.2) is 0 Å². The molecule has 1 unspecified atom stereocenters. The Morgan fingerprint density at radius 2 is 1.62 bits per heavy atom. The molecule has 1 aliphatic rings. The van der Waals surface area contributed by atoms with Gasteiger partial charge in [0.2, 0.25) is 5.54 Å². The lowest BCUT2D eigenvalue weighted by Gasteiger charge is -2.25. The Morgan fingerprint density at radius 3 is 2.24 bits per heavy atom. The van der Waals surface area contributed by atoms with Crippen LogP contribution in [0.1, 0.15) is 15.9 Å². The fourth-order valence-electron chi connectivity index (χ4n) is 3.79. The first-order valence-electron chi connectivity index (χ1n) is 9.93. The number of fused-ring (bicyclic) bond motifs is 1. The van der Waals surface area contributed by atoms with Gasteiger partial charge in [0.1, 0.15) is 0 Å². The summed E-state index contributed by atoms with van der Waals surface area (Å²) in [4.78, 5) is 40.7. The molecule has 0 radical (unpaired) electrons. The molecule has 4 rings (SSSR count). The summed E-state index contributed by atoms with van der Waals surface area (Å²) in [5.74, 6) is -2.91.